The first-order valence-electron chi connectivity index (χ1n) is 6.85. The Morgan fingerprint density at radius 2 is 2.04 bits per heavy atom. The van der Waals surface area contributed by atoms with E-state index in [2.05, 4.69) is 20.9 Å². The number of nitro groups is 1. The van der Waals surface area contributed by atoms with Gasteiger partial charge in [-0.25, -0.2) is 4.98 Å². The molecule has 0 atom stereocenters. The molecule has 0 aliphatic heterocycles. The van der Waals surface area contributed by atoms with Crippen molar-refractivity contribution in [3.05, 3.63) is 56.1 Å². The van der Waals surface area contributed by atoms with Crippen LogP contribution < -0.4 is 4.73 Å². The van der Waals surface area contributed by atoms with Crippen molar-refractivity contribution in [1.82, 2.24) is 4.98 Å². The molecule has 2 aromatic heterocycles. The van der Waals surface area contributed by atoms with E-state index in [1.54, 1.807) is 19.1 Å². The zero-order chi connectivity index (χ0) is 18.3. The molecule has 128 valence electrons. The van der Waals surface area contributed by atoms with Crippen molar-refractivity contribution < 1.29 is 24.3 Å². The van der Waals surface area contributed by atoms with Crippen LogP contribution in [0.5, 0.6) is 11.5 Å². The van der Waals surface area contributed by atoms with Crippen molar-refractivity contribution in [2.24, 2.45) is 0 Å². The molecule has 0 aliphatic rings. The molecule has 3 aromatic rings. The first kappa shape index (κ1) is 16.7. The van der Waals surface area contributed by atoms with E-state index in [-0.39, 0.29) is 21.8 Å². The third kappa shape index (κ3) is 2.87. The molecule has 9 nitrogen and oxygen atoms in total. The second kappa shape index (κ2) is 6.06. The minimum Gasteiger partial charge on any atom is -0.618 e. The predicted octanol–water partition coefficient (Wildman–Crippen LogP) is 3.03. The molecule has 0 saturated carbocycles. The van der Waals surface area contributed by atoms with Crippen molar-refractivity contribution in [2.75, 3.05) is 0 Å². The predicted molar refractivity (Wildman–Crippen MR) is 88.8 cm³/mol. The van der Waals surface area contributed by atoms with E-state index in [0.29, 0.717) is 16.0 Å². The highest BCUT2D eigenvalue weighted by Crippen LogP contribution is 2.39. The molecule has 25 heavy (non-hydrogen) atoms. The maximum absolute atomic E-state index is 11.9. The highest BCUT2D eigenvalue weighted by Gasteiger charge is 2.22. The summed E-state index contributed by atoms with van der Waals surface area (Å²) in [6, 6.07) is 5.42. The number of phenolic OH excluding ortho intramolecular Hbond substituents is 2. The van der Waals surface area contributed by atoms with Crippen molar-refractivity contribution in [2.45, 2.75) is 6.92 Å². The third-order valence-electron chi connectivity index (χ3n) is 3.51. The molecule has 0 radical (unpaired) electrons. The number of aromatic nitrogens is 2. The van der Waals surface area contributed by atoms with E-state index in [0.717, 1.165) is 12.1 Å². The Bertz CT molecular complexity index is 1000. The highest BCUT2D eigenvalue weighted by atomic mass is 79.9. The van der Waals surface area contributed by atoms with Gasteiger partial charge in [-0.1, -0.05) is 0 Å². The third-order valence-corrected chi connectivity index (χ3v) is 4.26. The summed E-state index contributed by atoms with van der Waals surface area (Å²) in [7, 11) is 0. The first-order chi connectivity index (χ1) is 11.8. The number of halogens is 1. The van der Waals surface area contributed by atoms with Gasteiger partial charge in [0.1, 0.15) is 17.5 Å². The van der Waals surface area contributed by atoms with Crippen molar-refractivity contribution in [3.8, 4) is 34.2 Å². The molecule has 0 spiro atoms. The molecule has 0 amide bonds. The van der Waals surface area contributed by atoms with E-state index >= 15 is 0 Å². The fourth-order valence-corrected chi connectivity index (χ4v) is 2.77. The van der Waals surface area contributed by atoms with Crippen LogP contribution in [0.2, 0.25) is 0 Å². The lowest BCUT2D eigenvalue weighted by atomic mass is 10.1. The molecule has 2 heterocycles. The normalized spacial score (nSPS) is 10.8. The van der Waals surface area contributed by atoms with Crippen LogP contribution in [0, 0.1) is 22.2 Å². The van der Waals surface area contributed by atoms with E-state index in [1.807, 2.05) is 0 Å². The Morgan fingerprint density at radius 3 is 2.72 bits per heavy atom. The van der Waals surface area contributed by atoms with Gasteiger partial charge in [-0.15, -0.1) is 0 Å². The number of benzene rings is 1. The van der Waals surface area contributed by atoms with Crippen molar-refractivity contribution in [3.63, 3.8) is 0 Å². The number of hydrogen-bond acceptors (Lipinski definition) is 7. The van der Waals surface area contributed by atoms with Gasteiger partial charge in [-0.3, -0.25) is 10.1 Å². The van der Waals surface area contributed by atoms with Crippen LogP contribution in [0.3, 0.4) is 0 Å². The molecule has 0 saturated heterocycles. The molecule has 10 heteroatoms. The van der Waals surface area contributed by atoms with Crippen LogP contribution in [0.15, 0.2) is 39.5 Å². The average molecular weight is 408 g/mol. The highest BCUT2D eigenvalue weighted by molar-refractivity contribution is 9.10. The topological polar surface area (TPSA) is 137 Å². The Morgan fingerprint density at radius 1 is 1.32 bits per heavy atom. The minimum absolute atomic E-state index is 0.113. The standard InChI is InChI=1S/C15H10BrN3O6/c1-7-2-3-9(14(16)18(7)22)15-17-10(6-25-15)8-4-11(19(23)24)13(21)12(20)5-8/h2-6,20-21H,1H3. The van der Waals surface area contributed by atoms with E-state index in [9.17, 15) is 25.5 Å². The van der Waals surface area contributed by atoms with Gasteiger partial charge in [0.15, 0.2) is 11.4 Å². The monoisotopic (exact) mass is 407 g/mol. The zero-order valence-electron chi connectivity index (χ0n) is 12.6. The van der Waals surface area contributed by atoms with Crippen LogP contribution in [0.25, 0.3) is 22.7 Å². The van der Waals surface area contributed by atoms with Crippen molar-refractivity contribution >= 4 is 21.6 Å². The molecule has 0 bridgehead atoms. The molecule has 3 rings (SSSR count). The molecule has 0 aliphatic carbocycles. The summed E-state index contributed by atoms with van der Waals surface area (Å²) in [4.78, 5) is 14.3. The number of oxazole rings is 1. The maximum Gasteiger partial charge on any atom is 0.315 e. The summed E-state index contributed by atoms with van der Waals surface area (Å²) in [5.74, 6) is -1.37. The number of phenols is 2. The van der Waals surface area contributed by atoms with Gasteiger partial charge in [0.05, 0.1) is 4.92 Å². The number of hydrogen-bond donors (Lipinski definition) is 2. The van der Waals surface area contributed by atoms with Crippen LogP contribution >= 0.6 is 15.9 Å². The molecule has 0 unspecified atom stereocenters. The molecular weight excluding hydrogens is 398 g/mol. The van der Waals surface area contributed by atoms with Gasteiger partial charge in [-0.05, 0) is 12.1 Å². The fourth-order valence-electron chi connectivity index (χ4n) is 2.19. The fraction of sp³-hybridized carbons (Fsp3) is 0.0667. The lowest BCUT2D eigenvalue weighted by molar-refractivity contribution is -0.623. The second-order valence-electron chi connectivity index (χ2n) is 5.13. The van der Waals surface area contributed by atoms with Gasteiger partial charge >= 0.3 is 5.69 Å². The SMILES string of the molecule is Cc1ccc(-c2nc(-c3cc(O)c(O)c([N+](=O)[O-])c3)co2)c(Br)[n+]1[O-]. The summed E-state index contributed by atoms with van der Waals surface area (Å²) in [6.45, 7) is 1.64. The Kier molecular flexibility index (Phi) is 4.05. The lowest BCUT2D eigenvalue weighted by Gasteiger charge is -2.05. The second-order valence-corrected chi connectivity index (χ2v) is 5.88. The van der Waals surface area contributed by atoms with Gasteiger partial charge in [0, 0.05) is 40.5 Å². The molecule has 0 fully saturated rings. The van der Waals surface area contributed by atoms with Crippen LogP contribution in [-0.4, -0.2) is 20.1 Å². The van der Waals surface area contributed by atoms with E-state index < -0.39 is 22.1 Å². The summed E-state index contributed by atoms with van der Waals surface area (Å²) in [6.07, 6.45) is 1.23. The smallest absolute Gasteiger partial charge is 0.315 e. The van der Waals surface area contributed by atoms with Crippen LogP contribution in [-0.2, 0) is 0 Å². The maximum atomic E-state index is 11.9. The van der Waals surface area contributed by atoms with Crippen LogP contribution in [0.1, 0.15) is 5.69 Å². The Labute approximate surface area is 148 Å². The number of nitrogens with zero attached hydrogens (tertiary/aromatic N) is 3. The summed E-state index contributed by atoms with van der Waals surface area (Å²) >= 11 is 3.17. The van der Waals surface area contributed by atoms with Gasteiger partial charge in [0.25, 0.3) is 4.60 Å². The Hall–Kier alpha value is -3.14. The first-order valence-corrected chi connectivity index (χ1v) is 7.64. The summed E-state index contributed by atoms with van der Waals surface area (Å²) in [5, 5.41) is 42.0. The molecule has 2 N–H and O–H groups in total. The minimum atomic E-state index is -0.828. The van der Waals surface area contributed by atoms with Crippen molar-refractivity contribution in [1.29, 1.82) is 0 Å². The largest absolute Gasteiger partial charge is 0.618 e. The average Bonchev–Trinajstić information content (AvgIpc) is 3.04. The van der Waals surface area contributed by atoms with Gasteiger partial charge < -0.3 is 19.8 Å². The quantitative estimate of drug-likeness (QED) is 0.170. The van der Waals surface area contributed by atoms with Gasteiger partial charge in [-0.2, -0.15) is 4.73 Å². The number of rotatable bonds is 3. The van der Waals surface area contributed by atoms with E-state index in [4.69, 9.17) is 4.42 Å². The van der Waals surface area contributed by atoms with Gasteiger partial charge in [0.2, 0.25) is 11.6 Å². The number of nitro benzene ring substituents is 1. The number of aromatic hydroxyl groups is 2. The summed E-state index contributed by atoms with van der Waals surface area (Å²) in [5.41, 5.74) is 0.577. The lowest BCUT2D eigenvalue weighted by Crippen LogP contribution is -2.32. The zero-order valence-corrected chi connectivity index (χ0v) is 14.2. The van der Waals surface area contributed by atoms with Crippen LogP contribution in [0.4, 0.5) is 5.69 Å². The van der Waals surface area contributed by atoms with E-state index in [1.165, 1.54) is 6.26 Å². The number of pyridine rings is 1. The number of aryl methyl sites for hydroxylation is 1. The Balaban J connectivity index is 2.09. The molecule has 1 aromatic carbocycles. The summed E-state index contributed by atoms with van der Waals surface area (Å²) < 4.78 is 6.22. The molecular formula is C15H10BrN3O6.